The van der Waals surface area contributed by atoms with Crippen LogP contribution in [0.25, 0.3) is 5.57 Å². The normalized spacial score (nSPS) is 25.9. The zero-order valence-electron chi connectivity index (χ0n) is 13.1. The second-order valence-electron chi connectivity index (χ2n) is 6.16. The molecule has 0 saturated carbocycles. The molecule has 1 amide bonds. The first-order valence-electron chi connectivity index (χ1n) is 8.16. The van der Waals surface area contributed by atoms with Crippen LogP contribution in [0.15, 0.2) is 36.4 Å². The molecule has 0 spiro atoms. The quantitative estimate of drug-likeness (QED) is 0.897. The molecule has 2 unspecified atom stereocenters. The Morgan fingerprint density at radius 3 is 2.77 bits per heavy atom. The maximum Gasteiger partial charge on any atom is 0.279 e. The predicted octanol–water partition coefficient (Wildman–Crippen LogP) is 3.77. The van der Waals surface area contributed by atoms with E-state index in [4.69, 9.17) is 0 Å². The van der Waals surface area contributed by atoms with E-state index in [-0.39, 0.29) is 5.24 Å². The average Bonchev–Trinajstić information content (AvgIpc) is 2.87. The second kappa shape index (κ2) is 7.34. The van der Waals surface area contributed by atoms with E-state index in [0.717, 1.165) is 32.5 Å². The Hall–Kier alpha value is -1.26. The van der Waals surface area contributed by atoms with Crippen molar-refractivity contribution < 1.29 is 4.79 Å². The van der Waals surface area contributed by atoms with Gasteiger partial charge in [-0.1, -0.05) is 48.2 Å². The fourth-order valence-electron chi connectivity index (χ4n) is 3.21. The van der Waals surface area contributed by atoms with Crippen molar-refractivity contribution in [3.63, 3.8) is 0 Å². The van der Waals surface area contributed by atoms with E-state index in [1.807, 2.05) is 0 Å². The van der Waals surface area contributed by atoms with E-state index in [1.54, 1.807) is 0 Å². The smallest absolute Gasteiger partial charge is 0.279 e. The highest BCUT2D eigenvalue weighted by molar-refractivity contribution is 8.14. The molecule has 1 fully saturated rings. The molecule has 118 valence electrons. The van der Waals surface area contributed by atoms with Crippen molar-refractivity contribution in [1.29, 1.82) is 0 Å². The molecule has 2 heterocycles. The van der Waals surface area contributed by atoms with Gasteiger partial charge in [0.25, 0.3) is 5.24 Å². The van der Waals surface area contributed by atoms with Crippen LogP contribution in [0.3, 0.4) is 0 Å². The topological polar surface area (TPSA) is 32.3 Å². The van der Waals surface area contributed by atoms with Crippen LogP contribution in [-0.4, -0.2) is 41.1 Å². The van der Waals surface area contributed by atoms with Crippen LogP contribution < -0.4 is 5.32 Å². The highest BCUT2D eigenvalue weighted by atomic mass is 32.2. The van der Waals surface area contributed by atoms with E-state index >= 15 is 0 Å². The van der Waals surface area contributed by atoms with Crippen LogP contribution in [0.5, 0.6) is 0 Å². The van der Waals surface area contributed by atoms with Gasteiger partial charge < -0.3 is 5.32 Å². The maximum atomic E-state index is 11.3. The standard InChI is InChI=1S/C18H24N2OS/c1-14-17(22-18(21)19-14)8-5-11-20-12-9-16(10-13-20)15-6-3-2-4-7-15/h2-4,6-7,9,14,17H,5,8,10-13H2,1H3,(H,19,21). The van der Waals surface area contributed by atoms with Crippen LogP contribution in [0.1, 0.15) is 31.7 Å². The molecule has 0 aromatic heterocycles. The Morgan fingerprint density at radius 2 is 2.14 bits per heavy atom. The van der Waals surface area contributed by atoms with Crippen molar-refractivity contribution in [3.8, 4) is 0 Å². The van der Waals surface area contributed by atoms with Crippen LogP contribution in [0.4, 0.5) is 4.79 Å². The van der Waals surface area contributed by atoms with Crippen molar-refractivity contribution in [2.75, 3.05) is 19.6 Å². The van der Waals surface area contributed by atoms with Gasteiger partial charge in [0, 0.05) is 24.4 Å². The lowest BCUT2D eigenvalue weighted by Crippen LogP contribution is -2.31. The Balaban J connectivity index is 1.42. The number of thioether (sulfide) groups is 1. The third-order valence-electron chi connectivity index (χ3n) is 4.56. The minimum atomic E-state index is 0.144. The van der Waals surface area contributed by atoms with Crippen LogP contribution in [0.2, 0.25) is 0 Å². The molecule has 0 aliphatic carbocycles. The first-order valence-corrected chi connectivity index (χ1v) is 9.04. The highest BCUT2D eigenvalue weighted by Crippen LogP contribution is 2.27. The number of carbonyl (C=O) groups is 1. The lowest BCUT2D eigenvalue weighted by Gasteiger charge is -2.27. The highest BCUT2D eigenvalue weighted by Gasteiger charge is 2.29. The number of nitrogens with zero attached hydrogens (tertiary/aromatic N) is 1. The van der Waals surface area contributed by atoms with Gasteiger partial charge in [-0.15, -0.1) is 0 Å². The van der Waals surface area contributed by atoms with E-state index in [9.17, 15) is 4.79 Å². The molecule has 1 N–H and O–H groups in total. The van der Waals surface area contributed by atoms with E-state index in [2.05, 4.69) is 53.5 Å². The minimum absolute atomic E-state index is 0.144. The molecule has 3 rings (SSSR count). The minimum Gasteiger partial charge on any atom is -0.343 e. The Labute approximate surface area is 137 Å². The molecule has 1 aromatic rings. The Morgan fingerprint density at radius 1 is 1.32 bits per heavy atom. The van der Waals surface area contributed by atoms with Crippen LogP contribution in [-0.2, 0) is 0 Å². The van der Waals surface area contributed by atoms with Gasteiger partial charge in [0.1, 0.15) is 0 Å². The molecule has 1 aromatic carbocycles. The second-order valence-corrected chi connectivity index (χ2v) is 7.38. The van der Waals surface area contributed by atoms with Gasteiger partial charge in [0.15, 0.2) is 0 Å². The number of hydrogen-bond acceptors (Lipinski definition) is 3. The van der Waals surface area contributed by atoms with Gasteiger partial charge in [-0.2, -0.15) is 0 Å². The van der Waals surface area contributed by atoms with Crippen molar-refractivity contribution in [1.82, 2.24) is 10.2 Å². The molecule has 2 atom stereocenters. The van der Waals surface area contributed by atoms with E-state index < -0.39 is 0 Å². The maximum absolute atomic E-state index is 11.3. The summed E-state index contributed by atoms with van der Waals surface area (Å²) >= 11 is 1.48. The molecule has 0 bridgehead atoms. The SMILES string of the molecule is CC1NC(=O)SC1CCCN1CC=C(c2ccccc2)CC1. The zero-order valence-corrected chi connectivity index (χ0v) is 13.9. The molecule has 2 aliphatic rings. The van der Waals surface area contributed by atoms with E-state index in [0.29, 0.717) is 11.3 Å². The number of nitrogens with one attached hydrogen (secondary N) is 1. The lowest BCUT2D eigenvalue weighted by molar-refractivity contribution is 0.260. The van der Waals surface area contributed by atoms with Crippen molar-refractivity contribution in [3.05, 3.63) is 42.0 Å². The van der Waals surface area contributed by atoms with Crippen molar-refractivity contribution >= 4 is 22.6 Å². The molecule has 3 nitrogen and oxygen atoms in total. The largest absolute Gasteiger partial charge is 0.343 e. The monoisotopic (exact) mass is 316 g/mol. The average molecular weight is 316 g/mol. The molecule has 2 aliphatic heterocycles. The fraction of sp³-hybridized carbons (Fsp3) is 0.500. The third-order valence-corrected chi connectivity index (χ3v) is 5.84. The van der Waals surface area contributed by atoms with Gasteiger partial charge in [-0.05, 0) is 43.9 Å². The number of benzene rings is 1. The van der Waals surface area contributed by atoms with Gasteiger partial charge >= 0.3 is 0 Å². The first-order chi connectivity index (χ1) is 10.7. The number of rotatable bonds is 5. The summed E-state index contributed by atoms with van der Waals surface area (Å²) in [6.07, 6.45) is 5.80. The van der Waals surface area contributed by atoms with E-state index in [1.165, 1.54) is 29.3 Å². The zero-order chi connectivity index (χ0) is 15.4. The molecule has 4 heteroatoms. The molecule has 1 saturated heterocycles. The van der Waals surface area contributed by atoms with Gasteiger partial charge in [-0.25, -0.2) is 0 Å². The molecular formula is C18H24N2OS. The molecule has 0 radical (unpaired) electrons. The summed E-state index contributed by atoms with van der Waals surface area (Å²) in [6, 6.07) is 11.0. The summed E-state index contributed by atoms with van der Waals surface area (Å²) in [5.41, 5.74) is 2.84. The van der Waals surface area contributed by atoms with Gasteiger partial charge in [0.05, 0.1) is 0 Å². The summed E-state index contributed by atoms with van der Waals surface area (Å²) in [4.78, 5) is 13.9. The molecule has 22 heavy (non-hydrogen) atoms. The number of hydrogen-bond donors (Lipinski definition) is 1. The summed E-state index contributed by atoms with van der Waals surface area (Å²) in [5, 5.41) is 3.58. The first kappa shape index (κ1) is 15.6. The van der Waals surface area contributed by atoms with Gasteiger partial charge in [-0.3, -0.25) is 9.69 Å². The van der Waals surface area contributed by atoms with Crippen LogP contribution in [0, 0.1) is 0 Å². The van der Waals surface area contributed by atoms with Gasteiger partial charge in [0.2, 0.25) is 0 Å². The lowest BCUT2D eigenvalue weighted by atomic mass is 9.99. The molecular weight excluding hydrogens is 292 g/mol. The summed E-state index contributed by atoms with van der Waals surface area (Å²) in [5.74, 6) is 0. The predicted molar refractivity (Wildman–Crippen MR) is 94.1 cm³/mol. The number of carbonyl (C=O) groups excluding carboxylic acids is 1. The van der Waals surface area contributed by atoms with Crippen molar-refractivity contribution in [2.45, 2.75) is 37.5 Å². The summed E-state index contributed by atoms with van der Waals surface area (Å²) in [6.45, 7) is 5.44. The number of amides is 1. The summed E-state index contributed by atoms with van der Waals surface area (Å²) in [7, 11) is 0. The van der Waals surface area contributed by atoms with Crippen LogP contribution >= 0.6 is 11.8 Å². The summed E-state index contributed by atoms with van der Waals surface area (Å²) < 4.78 is 0. The Kier molecular flexibility index (Phi) is 5.21. The third kappa shape index (κ3) is 3.93. The fourth-order valence-corrected chi connectivity index (χ4v) is 4.29. The Bertz CT molecular complexity index is 543. The van der Waals surface area contributed by atoms with Crippen molar-refractivity contribution in [2.24, 2.45) is 0 Å².